The van der Waals surface area contributed by atoms with Crippen LogP contribution >= 0.6 is 0 Å². The molecule has 0 saturated heterocycles. The van der Waals surface area contributed by atoms with Crippen molar-refractivity contribution < 1.29 is 14.7 Å². The summed E-state index contributed by atoms with van der Waals surface area (Å²) in [5, 5.41) is 13.1. The third kappa shape index (κ3) is 5.19. The first kappa shape index (κ1) is 16.0. The molecule has 5 nitrogen and oxygen atoms in total. The van der Waals surface area contributed by atoms with Crippen molar-refractivity contribution in [2.24, 2.45) is 0 Å². The zero-order valence-corrected chi connectivity index (χ0v) is 12.1. The third-order valence-corrected chi connectivity index (χ3v) is 3.71. The molecule has 0 aromatic rings. The van der Waals surface area contributed by atoms with Gasteiger partial charge in [-0.2, -0.15) is 0 Å². The molecule has 19 heavy (non-hydrogen) atoms. The lowest BCUT2D eigenvalue weighted by atomic mass is 9.82. The second kappa shape index (κ2) is 7.48. The van der Waals surface area contributed by atoms with Crippen LogP contribution in [-0.2, 0) is 9.59 Å². The van der Waals surface area contributed by atoms with E-state index >= 15 is 0 Å². The molecule has 110 valence electrons. The highest BCUT2D eigenvalue weighted by molar-refractivity contribution is 5.85. The second-order valence-electron chi connectivity index (χ2n) is 5.32. The maximum Gasteiger partial charge on any atom is 0.239 e. The summed E-state index contributed by atoms with van der Waals surface area (Å²) in [5.74, 6) is -0.272. The topological polar surface area (TPSA) is 69.6 Å². The van der Waals surface area contributed by atoms with Crippen LogP contribution < -0.4 is 5.32 Å². The van der Waals surface area contributed by atoms with Crippen molar-refractivity contribution in [3.05, 3.63) is 0 Å². The van der Waals surface area contributed by atoms with Crippen LogP contribution in [0.25, 0.3) is 0 Å². The highest BCUT2D eigenvalue weighted by Gasteiger charge is 2.33. The number of carbonyl (C=O) groups is 2. The molecule has 2 N–H and O–H groups in total. The zero-order valence-electron chi connectivity index (χ0n) is 12.1. The molecule has 0 spiro atoms. The van der Waals surface area contributed by atoms with E-state index in [0.29, 0.717) is 25.9 Å². The van der Waals surface area contributed by atoms with Gasteiger partial charge in [0.2, 0.25) is 11.8 Å². The summed E-state index contributed by atoms with van der Waals surface area (Å²) in [6, 6.07) is 0. The minimum absolute atomic E-state index is 0.0826. The molecule has 1 rings (SSSR count). The maximum absolute atomic E-state index is 12.2. The highest BCUT2D eigenvalue weighted by atomic mass is 16.3. The molecule has 1 aliphatic rings. The smallest absolute Gasteiger partial charge is 0.239 e. The van der Waals surface area contributed by atoms with Crippen LogP contribution in [-0.4, -0.2) is 47.1 Å². The molecule has 0 bridgehead atoms. The summed E-state index contributed by atoms with van der Waals surface area (Å²) in [7, 11) is 0. The van der Waals surface area contributed by atoms with Gasteiger partial charge in [-0.1, -0.05) is 19.3 Å². The predicted molar refractivity (Wildman–Crippen MR) is 73.6 cm³/mol. The number of aliphatic hydroxyl groups is 1. The van der Waals surface area contributed by atoms with Crippen LogP contribution in [0.15, 0.2) is 0 Å². The van der Waals surface area contributed by atoms with Gasteiger partial charge >= 0.3 is 0 Å². The number of carbonyl (C=O) groups excluding carboxylic acids is 2. The molecule has 2 amide bonds. The van der Waals surface area contributed by atoms with Crippen LogP contribution in [0.1, 0.15) is 52.4 Å². The van der Waals surface area contributed by atoms with E-state index in [-0.39, 0.29) is 24.8 Å². The Morgan fingerprint density at radius 1 is 1.21 bits per heavy atom. The van der Waals surface area contributed by atoms with Crippen molar-refractivity contribution in [3.8, 4) is 0 Å². The minimum Gasteiger partial charge on any atom is -0.389 e. The molecule has 0 aromatic carbocycles. The van der Waals surface area contributed by atoms with E-state index in [1.165, 1.54) is 4.90 Å². The van der Waals surface area contributed by atoms with Crippen molar-refractivity contribution in [1.82, 2.24) is 10.2 Å². The van der Waals surface area contributed by atoms with E-state index in [0.717, 1.165) is 19.3 Å². The van der Waals surface area contributed by atoms with Crippen LogP contribution in [0.3, 0.4) is 0 Å². The maximum atomic E-state index is 12.2. The molecule has 5 heteroatoms. The molecule has 0 aliphatic heterocycles. The largest absolute Gasteiger partial charge is 0.389 e. The number of hydrogen-bond donors (Lipinski definition) is 2. The molecule has 1 saturated carbocycles. The van der Waals surface area contributed by atoms with E-state index in [4.69, 9.17) is 0 Å². The second-order valence-corrected chi connectivity index (χ2v) is 5.32. The van der Waals surface area contributed by atoms with Crippen LogP contribution in [0.5, 0.6) is 0 Å². The van der Waals surface area contributed by atoms with Gasteiger partial charge < -0.3 is 15.3 Å². The van der Waals surface area contributed by atoms with Gasteiger partial charge in [-0.3, -0.25) is 9.59 Å². The Hall–Kier alpha value is -1.10. The van der Waals surface area contributed by atoms with Gasteiger partial charge in [0.25, 0.3) is 0 Å². The number of nitrogens with one attached hydrogen (secondary N) is 1. The third-order valence-electron chi connectivity index (χ3n) is 3.71. The molecular weight excluding hydrogens is 244 g/mol. The lowest BCUT2D eigenvalue weighted by Crippen LogP contribution is -2.44. The molecule has 0 radical (unpaired) electrons. The number of rotatable bonds is 6. The first-order valence-electron chi connectivity index (χ1n) is 7.27. The fraction of sp³-hybridized carbons (Fsp3) is 0.857. The average Bonchev–Trinajstić information content (AvgIpc) is 2.36. The minimum atomic E-state index is -0.857. The van der Waals surface area contributed by atoms with Gasteiger partial charge in [-0.25, -0.2) is 0 Å². The van der Waals surface area contributed by atoms with Crippen LogP contribution in [0.4, 0.5) is 0 Å². The van der Waals surface area contributed by atoms with E-state index in [1.54, 1.807) is 0 Å². The standard InChI is InChI=1S/C14H26N2O3/c1-3-15-12(17)11-16(4-2)13(18)10-14(19)8-6-5-7-9-14/h19H,3-11H2,1-2H3,(H,15,17). The summed E-state index contributed by atoms with van der Waals surface area (Å²) >= 11 is 0. The Morgan fingerprint density at radius 3 is 2.37 bits per heavy atom. The SMILES string of the molecule is CCNC(=O)CN(CC)C(=O)CC1(O)CCCCC1. The Bertz CT molecular complexity index is 312. The average molecular weight is 270 g/mol. The highest BCUT2D eigenvalue weighted by Crippen LogP contribution is 2.31. The van der Waals surface area contributed by atoms with Gasteiger partial charge in [-0.15, -0.1) is 0 Å². The monoisotopic (exact) mass is 270 g/mol. The number of amides is 2. The van der Waals surface area contributed by atoms with Gasteiger partial charge in [0, 0.05) is 13.1 Å². The fourth-order valence-electron chi connectivity index (χ4n) is 2.58. The zero-order chi connectivity index (χ0) is 14.3. The number of hydrogen-bond acceptors (Lipinski definition) is 3. The molecule has 1 fully saturated rings. The van der Waals surface area contributed by atoms with E-state index in [9.17, 15) is 14.7 Å². The molecule has 0 unspecified atom stereocenters. The number of likely N-dealkylation sites (N-methyl/N-ethyl adjacent to an activating group) is 2. The number of nitrogens with zero attached hydrogens (tertiary/aromatic N) is 1. The van der Waals surface area contributed by atoms with E-state index in [1.807, 2.05) is 13.8 Å². The van der Waals surface area contributed by atoms with Gasteiger partial charge in [0.1, 0.15) is 0 Å². The van der Waals surface area contributed by atoms with Gasteiger partial charge in [-0.05, 0) is 26.7 Å². The van der Waals surface area contributed by atoms with Crippen molar-refractivity contribution in [2.75, 3.05) is 19.6 Å². The summed E-state index contributed by atoms with van der Waals surface area (Å²) < 4.78 is 0. The Kier molecular flexibility index (Phi) is 6.28. The van der Waals surface area contributed by atoms with Crippen LogP contribution in [0.2, 0.25) is 0 Å². The molecule has 0 aromatic heterocycles. The first-order valence-corrected chi connectivity index (χ1v) is 7.27. The first-order chi connectivity index (χ1) is 9.00. The molecule has 1 aliphatic carbocycles. The van der Waals surface area contributed by atoms with Crippen LogP contribution in [0, 0.1) is 0 Å². The molecular formula is C14H26N2O3. The fourth-order valence-corrected chi connectivity index (χ4v) is 2.58. The molecule has 0 atom stereocenters. The molecule has 0 heterocycles. The van der Waals surface area contributed by atoms with Crippen molar-refractivity contribution in [1.29, 1.82) is 0 Å². The van der Waals surface area contributed by atoms with E-state index in [2.05, 4.69) is 5.32 Å². The Labute approximate surface area is 115 Å². The Morgan fingerprint density at radius 2 is 1.84 bits per heavy atom. The quantitative estimate of drug-likeness (QED) is 0.758. The summed E-state index contributed by atoms with van der Waals surface area (Å²) in [6.07, 6.45) is 4.61. The van der Waals surface area contributed by atoms with E-state index < -0.39 is 5.60 Å². The normalized spacial score (nSPS) is 17.8. The lowest BCUT2D eigenvalue weighted by molar-refractivity contribution is -0.141. The predicted octanol–water partition coefficient (Wildman–Crippen LogP) is 1.06. The van der Waals surface area contributed by atoms with Crippen molar-refractivity contribution in [3.63, 3.8) is 0 Å². The van der Waals surface area contributed by atoms with Gasteiger partial charge in [0.05, 0.1) is 18.6 Å². The lowest BCUT2D eigenvalue weighted by Gasteiger charge is -2.33. The Balaban J connectivity index is 2.51. The van der Waals surface area contributed by atoms with Crippen molar-refractivity contribution >= 4 is 11.8 Å². The summed E-state index contributed by atoms with van der Waals surface area (Å²) in [4.78, 5) is 25.2. The van der Waals surface area contributed by atoms with Gasteiger partial charge in [0.15, 0.2) is 0 Å². The summed E-state index contributed by atoms with van der Waals surface area (Å²) in [6.45, 7) is 4.84. The summed E-state index contributed by atoms with van der Waals surface area (Å²) in [5.41, 5.74) is -0.857. The van der Waals surface area contributed by atoms with Crippen molar-refractivity contribution in [2.45, 2.75) is 58.0 Å².